The molecule has 0 aromatic heterocycles. The Hall–Kier alpha value is -2.89. The Bertz CT molecular complexity index is 1470. The summed E-state index contributed by atoms with van der Waals surface area (Å²) in [6.45, 7) is 6.58. The van der Waals surface area contributed by atoms with Crippen LogP contribution in [-0.4, -0.2) is 37.2 Å². The second-order valence-electron chi connectivity index (χ2n) is 24.8. The lowest BCUT2D eigenvalue weighted by Crippen LogP contribution is -2.30. The van der Waals surface area contributed by atoms with Crippen molar-refractivity contribution in [3.05, 3.63) is 60.8 Å². The van der Waals surface area contributed by atoms with E-state index in [-0.39, 0.29) is 31.1 Å². The highest BCUT2D eigenvalue weighted by molar-refractivity contribution is 5.71. The van der Waals surface area contributed by atoms with Crippen molar-refractivity contribution in [3.63, 3.8) is 0 Å². The molecule has 0 N–H and O–H groups in total. The van der Waals surface area contributed by atoms with Crippen molar-refractivity contribution in [2.45, 2.75) is 399 Å². The molecule has 0 aliphatic rings. The second-order valence-corrected chi connectivity index (χ2v) is 24.8. The van der Waals surface area contributed by atoms with Gasteiger partial charge in [0.1, 0.15) is 13.2 Å². The number of allylic oxidation sites excluding steroid dienone is 10. The summed E-state index contributed by atoms with van der Waals surface area (Å²) < 4.78 is 17.0. The summed E-state index contributed by atoms with van der Waals surface area (Å²) >= 11 is 0. The average molecular weight is 1160 g/mol. The number of ether oxygens (including phenoxy) is 3. The average Bonchev–Trinajstić information content (AvgIpc) is 3.49. The molecule has 0 aromatic rings. The van der Waals surface area contributed by atoms with Gasteiger partial charge in [0.2, 0.25) is 0 Å². The van der Waals surface area contributed by atoms with E-state index in [1.165, 1.54) is 263 Å². The normalized spacial score (nSPS) is 12.4. The fraction of sp³-hybridized carbons (Fsp3) is 0.831. The third kappa shape index (κ3) is 69.8. The zero-order valence-electron chi connectivity index (χ0n) is 55.7. The lowest BCUT2D eigenvalue weighted by molar-refractivity contribution is -0.167. The molecular formula is C77H140O6. The Kier molecular flexibility index (Phi) is 69.1. The summed E-state index contributed by atoms with van der Waals surface area (Å²) in [4.78, 5) is 38.5. The predicted octanol–water partition coefficient (Wildman–Crippen LogP) is 25.5. The minimum absolute atomic E-state index is 0.0743. The predicted molar refractivity (Wildman–Crippen MR) is 362 cm³/mol. The summed E-state index contributed by atoms with van der Waals surface area (Å²) in [6, 6.07) is 0. The first-order valence-corrected chi connectivity index (χ1v) is 36.8. The van der Waals surface area contributed by atoms with Gasteiger partial charge < -0.3 is 14.2 Å². The van der Waals surface area contributed by atoms with Crippen LogP contribution in [-0.2, 0) is 28.6 Å². The molecule has 0 radical (unpaired) electrons. The Morgan fingerprint density at radius 3 is 0.747 bits per heavy atom. The number of unbranched alkanes of at least 4 members (excludes halogenated alkanes) is 47. The van der Waals surface area contributed by atoms with Crippen LogP contribution < -0.4 is 0 Å². The molecule has 0 saturated heterocycles. The van der Waals surface area contributed by atoms with Crippen molar-refractivity contribution in [2.24, 2.45) is 0 Å². The van der Waals surface area contributed by atoms with Gasteiger partial charge in [-0.1, -0.05) is 351 Å². The highest BCUT2D eigenvalue weighted by Crippen LogP contribution is 2.19. The maximum atomic E-state index is 13.0. The van der Waals surface area contributed by atoms with Crippen molar-refractivity contribution in [3.8, 4) is 0 Å². The van der Waals surface area contributed by atoms with E-state index >= 15 is 0 Å². The van der Waals surface area contributed by atoms with Gasteiger partial charge in [0.05, 0.1) is 0 Å². The van der Waals surface area contributed by atoms with Crippen molar-refractivity contribution in [1.82, 2.24) is 0 Å². The van der Waals surface area contributed by atoms with E-state index < -0.39 is 6.10 Å². The van der Waals surface area contributed by atoms with Crippen molar-refractivity contribution in [1.29, 1.82) is 0 Å². The molecule has 0 heterocycles. The summed E-state index contributed by atoms with van der Waals surface area (Å²) in [6.07, 6.45) is 92.6. The van der Waals surface area contributed by atoms with Crippen molar-refractivity contribution in [2.75, 3.05) is 13.2 Å². The molecule has 0 saturated carbocycles. The van der Waals surface area contributed by atoms with E-state index in [0.29, 0.717) is 19.3 Å². The smallest absolute Gasteiger partial charge is 0.306 e. The maximum Gasteiger partial charge on any atom is 0.306 e. The number of rotatable bonds is 68. The summed E-state index contributed by atoms with van der Waals surface area (Å²) in [5, 5.41) is 0. The summed E-state index contributed by atoms with van der Waals surface area (Å²) in [5.41, 5.74) is 0. The molecule has 6 heteroatoms. The minimum Gasteiger partial charge on any atom is -0.462 e. The van der Waals surface area contributed by atoms with Crippen molar-refractivity contribution >= 4 is 17.9 Å². The number of esters is 3. The van der Waals surface area contributed by atoms with E-state index in [1.54, 1.807) is 0 Å². The van der Waals surface area contributed by atoms with Crippen LogP contribution in [0.2, 0.25) is 0 Å². The zero-order valence-corrected chi connectivity index (χ0v) is 55.7. The van der Waals surface area contributed by atoms with Crippen molar-refractivity contribution < 1.29 is 28.6 Å². The Balaban J connectivity index is 4.23. The van der Waals surface area contributed by atoms with Gasteiger partial charge >= 0.3 is 17.9 Å². The molecule has 6 nitrogen and oxygen atoms in total. The number of carbonyl (C=O) groups is 3. The van der Waals surface area contributed by atoms with E-state index in [2.05, 4.69) is 81.5 Å². The van der Waals surface area contributed by atoms with Crippen LogP contribution in [0, 0.1) is 0 Å². The third-order valence-corrected chi connectivity index (χ3v) is 16.5. The van der Waals surface area contributed by atoms with E-state index in [1.807, 2.05) is 0 Å². The lowest BCUT2D eigenvalue weighted by Gasteiger charge is -2.18. The molecular weight excluding hydrogens is 1020 g/mol. The molecule has 0 aliphatic heterocycles. The second kappa shape index (κ2) is 71.6. The van der Waals surface area contributed by atoms with Crippen LogP contribution in [0.3, 0.4) is 0 Å². The zero-order chi connectivity index (χ0) is 59.9. The van der Waals surface area contributed by atoms with Gasteiger partial charge in [-0.25, -0.2) is 0 Å². The summed E-state index contributed by atoms with van der Waals surface area (Å²) in [5.74, 6) is -0.862. The maximum absolute atomic E-state index is 13.0. The fourth-order valence-corrected chi connectivity index (χ4v) is 11.0. The topological polar surface area (TPSA) is 78.9 Å². The van der Waals surface area contributed by atoms with Crippen LogP contribution in [0.1, 0.15) is 393 Å². The monoisotopic (exact) mass is 1160 g/mol. The highest BCUT2D eigenvalue weighted by Gasteiger charge is 2.19. The standard InChI is InChI=1S/C77H140O6/c1-4-7-10-13-16-19-22-25-28-30-32-34-36-37-38-39-40-42-43-45-47-49-52-55-58-61-64-67-70-76(79)82-73-74(72-81-75(78)69-66-63-60-57-54-51-27-24-21-18-15-12-9-6-3)83-77(80)71-68-65-62-59-56-53-50-48-46-44-41-35-33-31-29-26-23-20-17-14-11-8-5-2/h8,11,17,20,24,26-27,29,33,35,74H,4-7,9-10,12-16,18-19,21-23,25,28,30-32,34,36-73H2,1-3H3/b11-8-,20-17-,27-24-,29-26-,35-33-. The van der Waals surface area contributed by atoms with Crippen LogP contribution in [0.25, 0.3) is 0 Å². The molecule has 484 valence electrons. The number of carbonyl (C=O) groups excluding carboxylic acids is 3. The molecule has 0 fully saturated rings. The Labute approximate surface area is 517 Å². The van der Waals surface area contributed by atoms with Gasteiger partial charge in [0, 0.05) is 19.3 Å². The minimum atomic E-state index is -0.780. The van der Waals surface area contributed by atoms with Gasteiger partial charge in [0.25, 0.3) is 0 Å². The van der Waals surface area contributed by atoms with E-state index in [9.17, 15) is 14.4 Å². The lowest BCUT2D eigenvalue weighted by atomic mass is 10.0. The first-order chi connectivity index (χ1) is 41.0. The quantitative estimate of drug-likeness (QED) is 0.0261. The molecule has 0 rings (SSSR count). The first-order valence-electron chi connectivity index (χ1n) is 36.8. The Morgan fingerprint density at radius 1 is 0.253 bits per heavy atom. The SMILES string of the molecule is CC/C=C\C/C=C\C/C=C\C/C=C\CCCCCCCCCCCCC(=O)OC(COC(=O)CCCCCCC/C=C\CCCCCCC)COC(=O)CCCCCCCCCCCCCCCCCCCCCCCCCCCCCC. The van der Waals surface area contributed by atoms with Gasteiger partial charge in [0.15, 0.2) is 6.10 Å². The molecule has 1 unspecified atom stereocenters. The number of hydrogen-bond acceptors (Lipinski definition) is 6. The molecule has 83 heavy (non-hydrogen) atoms. The highest BCUT2D eigenvalue weighted by atomic mass is 16.6. The molecule has 0 aromatic carbocycles. The summed E-state index contributed by atoms with van der Waals surface area (Å²) in [7, 11) is 0. The van der Waals surface area contributed by atoms with Gasteiger partial charge in [-0.05, 0) is 83.5 Å². The third-order valence-electron chi connectivity index (χ3n) is 16.5. The van der Waals surface area contributed by atoms with Gasteiger partial charge in [-0.15, -0.1) is 0 Å². The van der Waals surface area contributed by atoms with E-state index in [4.69, 9.17) is 14.2 Å². The molecule has 0 amide bonds. The van der Waals surface area contributed by atoms with Crippen LogP contribution in [0.15, 0.2) is 60.8 Å². The molecule has 0 bridgehead atoms. The van der Waals surface area contributed by atoms with Crippen LogP contribution in [0.4, 0.5) is 0 Å². The van der Waals surface area contributed by atoms with Gasteiger partial charge in [-0.3, -0.25) is 14.4 Å². The first kappa shape index (κ1) is 80.1. The molecule has 1 atom stereocenters. The fourth-order valence-electron chi connectivity index (χ4n) is 11.0. The largest absolute Gasteiger partial charge is 0.462 e. The molecule has 0 spiro atoms. The van der Waals surface area contributed by atoms with Crippen LogP contribution in [0.5, 0.6) is 0 Å². The van der Waals surface area contributed by atoms with Crippen LogP contribution >= 0.6 is 0 Å². The number of hydrogen-bond donors (Lipinski definition) is 0. The Morgan fingerprint density at radius 2 is 0.470 bits per heavy atom. The van der Waals surface area contributed by atoms with Gasteiger partial charge in [-0.2, -0.15) is 0 Å². The molecule has 0 aliphatic carbocycles. The van der Waals surface area contributed by atoms with E-state index in [0.717, 1.165) is 89.9 Å².